The van der Waals surface area contributed by atoms with Gasteiger partial charge in [0.2, 0.25) is 0 Å². The van der Waals surface area contributed by atoms with Gasteiger partial charge in [0.1, 0.15) is 30.5 Å². The van der Waals surface area contributed by atoms with E-state index in [4.69, 9.17) is 14.2 Å². The zero-order chi connectivity index (χ0) is 29.4. The summed E-state index contributed by atoms with van der Waals surface area (Å²) in [4.78, 5) is 2.51. The first-order valence-electron chi connectivity index (χ1n) is 15.6. The lowest BCUT2D eigenvalue weighted by Gasteiger charge is -2.26. The van der Waals surface area contributed by atoms with E-state index < -0.39 is 0 Å². The van der Waals surface area contributed by atoms with Crippen molar-refractivity contribution in [2.45, 2.75) is 46.3 Å². The fraction of sp³-hybridized carbons (Fsp3) is 0.316. The molecule has 0 aliphatic carbocycles. The van der Waals surface area contributed by atoms with E-state index in [1.807, 2.05) is 25.1 Å². The van der Waals surface area contributed by atoms with E-state index in [-0.39, 0.29) is 0 Å². The monoisotopic (exact) mass is 574 g/mol. The first-order chi connectivity index (χ1) is 21.2. The predicted molar refractivity (Wildman–Crippen MR) is 175 cm³/mol. The van der Waals surface area contributed by atoms with Crippen molar-refractivity contribution in [3.63, 3.8) is 0 Å². The van der Waals surface area contributed by atoms with E-state index in [1.54, 1.807) is 0 Å². The van der Waals surface area contributed by atoms with Gasteiger partial charge in [-0.1, -0.05) is 48.9 Å². The largest absolute Gasteiger partial charge is 0.494 e. The van der Waals surface area contributed by atoms with Gasteiger partial charge in [-0.05, 0) is 117 Å². The van der Waals surface area contributed by atoms with Crippen LogP contribution in [0.5, 0.6) is 17.2 Å². The Bertz CT molecular complexity index is 1600. The molecule has 222 valence electrons. The Balaban J connectivity index is 1.25. The van der Waals surface area contributed by atoms with E-state index in [0.29, 0.717) is 13.2 Å². The highest BCUT2D eigenvalue weighted by Crippen LogP contribution is 2.37. The van der Waals surface area contributed by atoms with Crippen LogP contribution in [0.3, 0.4) is 0 Å². The molecule has 1 aliphatic rings. The average molecular weight is 575 g/mol. The third kappa shape index (κ3) is 7.06. The highest BCUT2D eigenvalue weighted by Gasteiger charge is 2.18. The lowest BCUT2D eigenvalue weighted by Crippen LogP contribution is -2.33. The highest BCUT2D eigenvalue weighted by atomic mass is 16.5. The molecule has 0 bridgehead atoms. The van der Waals surface area contributed by atoms with E-state index in [0.717, 1.165) is 42.5 Å². The fourth-order valence-corrected chi connectivity index (χ4v) is 6.09. The van der Waals surface area contributed by atoms with Gasteiger partial charge < -0.3 is 18.8 Å². The number of aromatic nitrogens is 1. The van der Waals surface area contributed by atoms with E-state index >= 15 is 0 Å². The van der Waals surface area contributed by atoms with Gasteiger partial charge in [-0.3, -0.25) is 4.90 Å². The molecule has 2 heterocycles. The number of benzene rings is 4. The summed E-state index contributed by atoms with van der Waals surface area (Å²) in [7, 11) is 0. The number of aryl methyl sites for hydroxylation is 1. The lowest BCUT2D eigenvalue weighted by molar-refractivity contribution is 0.183. The van der Waals surface area contributed by atoms with Crippen molar-refractivity contribution in [1.82, 2.24) is 9.47 Å². The lowest BCUT2D eigenvalue weighted by atomic mass is 10.1. The highest BCUT2D eigenvalue weighted by molar-refractivity contribution is 5.92. The summed E-state index contributed by atoms with van der Waals surface area (Å²) in [5.74, 6) is 2.70. The standard InChI is InChI=1S/C38H42N2O3/c1-3-41-33-18-14-32(15-19-33)38-29(2)36-26-35(43-28-31-10-6-4-7-11-31)20-21-37(36)40(38)27-30-12-16-34(17-13-30)42-25-24-39-22-8-5-9-23-39/h4,6-7,10-21,26H,3,5,8-9,22-25,27-28H2,1-2H3. The second kappa shape index (κ2) is 13.8. The van der Waals surface area contributed by atoms with Crippen molar-refractivity contribution in [2.24, 2.45) is 0 Å². The van der Waals surface area contributed by atoms with E-state index in [1.165, 1.54) is 65.6 Å². The Labute approximate surface area is 255 Å². The van der Waals surface area contributed by atoms with Crippen LogP contribution < -0.4 is 14.2 Å². The maximum Gasteiger partial charge on any atom is 0.120 e. The van der Waals surface area contributed by atoms with E-state index in [9.17, 15) is 0 Å². The minimum atomic E-state index is 0.546. The van der Waals surface area contributed by atoms with Crippen LogP contribution in [0.2, 0.25) is 0 Å². The molecule has 43 heavy (non-hydrogen) atoms. The molecule has 0 spiro atoms. The maximum absolute atomic E-state index is 6.21. The van der Waals surface area contributed by atoms with Crippen molar-refractivity contribution >= 4 is 10.9 Å². The van der Waals surface area contributed by atoms with Gasteiger partial charge in [0.15, 0.2) is 0 Å². The molecule has 5 heteroatoms. The normalized spacial score (nSPS) is 13.7. The maximum atomic E-state index is 6.21. The Morgan fingerprint density at radius 3 is 2.12 bits per heavy atom. The van der Waals surface area contributed by atoms with Crippen molar-refractivity contribution in [3.05, 3.63) is 114 Å². The van der Waals surface area contributed by atoms with Crippen LogP contribution in [-0.2, 0) is 13.2 Å². The van der Waals surface area contributed by atoms with Crippen molar-refractivity contribution in [2.75, 3.05) is 32.8 Å². The average Bonchev–Trinajstić information content (AvgIpc) is 3.32. The van der Waals surface area contributed by atoms with Crippen LogP contribution in [0.1, 0.15) is 42.9 Å². The van der Waals surface area contributed by atoms with Gasteiger partial charge in [-0.2, -0.15) is 0 Å². The van der Waals surface area contributed by atoms with Gasteiger partial charge in [0.05, 0.1) is 12.3 Å². The molecule has 1 fully saturated rings. The van der Waals surface area contributed by atoms with Crippen LogP contribution in [-0.4, -0.2) is 42.3 Å². The fourth-order valence-electron chi connectivity index (χ4n) is 6.09. The summed E-state index contributed by atoms with van der Waals surface area (Å²) in [6.07, 6.45) is 3.98. The molecule has 0 unspecified atom stereocenters. The summed E-state index contributed by atoms with van der Waals surface area (Å²) in [5, 5.41) is 1.20. The predicted octanol–water partition coefficient (Wildman–Crippen LogP) is 8.51. The minimum Gasteiger partial charge on any atom is -0.494 e. The molecule has 1 aliphatic heterocycles. The Morgan fingerprint density at radius 2 is 1.37 bits per heavy atom. The molecule has 1 aromatic heterocycles. The van der Waals surface area contributed by atoms with Gasteiger partial charge in [-0.25, -0.2) is 0 Å². The molecule has 0 saturated carbocycles. The number of likely N-dealkylation sites (tertiary alicyclic amines) is 1. The molecule has 0 N–H and O–H groups in total. The summed E-state index contributed by atoms with van der Waals surface area (Å²) >= 11 is 0. The first-order valence-corrected chi connectivity index (χ1v) is 15.6. The number of fused-ring (bicyclic) bond motifs is 1. The summed E-state index contributed by atoms with van der Waals surface area (Å²) < 4.78 is 20.5. The molecule has 5 nitrogen and oxygen atoms in total. The van der Waals surface area contributed by atoms with Crippen LogP contribution in [0.15, 0.2) is 97.1 Å². The Morgan fingerprint density at radius 1 is 0.674 bits per heavy atom. The van der Waals surface area contributed by atoms with Crippen LogP contribution in [0.4, 0.5) is 0 Å². The first kappa shape index (κ1) is 28.9. The summed E-state index contributed by atoms with van der Waals surface area (Å²) in [6.45, 7) is 10.3. The summed E-state index contributed by atoms with van der Waals surface area (Å²) in [6, 6.07) is 33.8. The molecule has 0 atom stereocenters. The molecule has 4 aromatic carbocycles. The molecule has 0 radical (unpaired) electrons. The molecule has 0 amide bonds. The van der Waals surface area contributed by atoms with Gasteiger partial charge >= 0.3 is 0 Å². The molecule has 6 rings (SSSR count). The number of ether oxygens (including phenoxy) is 3. The minimum absolute atomic E-state index is 0.546. The van der Waals surface area contributed by atoms with Crippen molar-refractivity contribution in [3.8, 4) is 28.5 Å². The number of rotatable bonds is 12. The number of piperidine rings is 1. The topological polar surface area (TPSA) is 35.9 Å². The van der Waals surface area contributed by atoms with E-state index in [2.05, 4.69) is 95.3 Å². The SMILES string of the molecule is CCOc1ccc(-c2c(C)c3cc(OCc4ccccc4)ccc3n2Cc2ccc(OCCN3CCCCC3)cc2)cc1. The molecule has 1 saturated heterocycles. The molecular formula is C38H42N2O3. The van der Waals surface area contributed by atoms with Crippen LogP contribution >= 0.6 is 0 Å². The van der Waals surface area contributed by atoms with Crippen molar-refractivity contribution in [1.29, 1.82) is 0 Å². The molecule has 5 aromatic rings. The Hall–Kier alpha value is -4.22. The van der Waals surface area contributed by atoms with Crippen molar-refractivity contribution < 1.29 is 14.2 Å². The number of hydrogen-bond donors (Lipinski definition) is 0. The smallest absolute Gasteiger partial charge is 0.120 e. The zero-order valence-corrected chi connectivity index (χ0v) is 25.4. The Kier molecular flexibility index (Phi) is 9.29. The van der Waals surface area contributed by atoms with Gasteiger partial charge in [0, 0.05) is 24.0 Å². The third-order valence-electron chi connectivity index (χ3n) is 8.36. The summed E-state index contributed by atoms with van der Waals surface area (Å²) in [5.41, 5.74) is 7.20. The van der Waals surface area contributed by atoms with Gasteiger partial charge in [-0.15, -0.1) is 0 Å². The number of hydrogen-bond acceptors (Lipinski definition) is 4. The second-order valence-corrected chi connectivity index (χ2v) is 11.4. The third-order valence-corrected chi connectivity index (χ3v) is 8.36. The molecular weight excluding hydrogens is 532 g/mol. The second-order valence-electron chi connectivity index (χ2n) is 11.4. The van der Waals surface area contributed by atoms with Crippen LogP contribution in [0.25, 0.3) is 22.2 Å². The van der Waals surface area contributed by atoms with Gasteiger partial charge in [0.25, 0.3) is 0 Å². The van der Waals surface area contributed by atoms with Crippen LogP contribution in [0, 0.1) is 6.92 Å². The number of nitrogens with zero attached hydrogens (tertiary/aromatic N) is 2. The zero-order valence-electron chi connectivity index (χ0n) is 25.4. The quantitative estimate of drug-likeness (QED) is 0.150.